The van der Waals surface area contributed by atoms with Crippen molar-refractivity contribution in [3.05, 3.63) is 18.2 Å². The van der Waals surface area contributed by atoms with Gasteiger partial charge in [0.05, 0.1) is 22.4 Å². The van der Waals surface area contributed by atoms with Crippen LogP contribution in [-0.2, 0) is 9.84 Å². The van der Waals surface area contributed by atoms with E-state index in [-0.39, 0.29) is 16.9 Å². The van der Waals surface area contributed by atoms with Crippen LogP contribution in [0.15, 0.2) is 23.1 Å². The van der Waals surface area contributed by atoms with E-state index < -0.39 is 9.84 Å². The second kappa shape index (κ2) is 5.02. The lowest BCUT2D eigenvalue weighted by molar-refractivity contribution is 0.103. The van der Waals surface area contributed by atoms with Crippen LogP contribution in [0, 0.1) is 5.92 Å². The summed E-state index contributed by atoms with van der Waals surface area (Å²) in [7, 11) is -3.24. The number of hydrogen-bond acceptors (Lipinski definition) is 5. The highest BCUT2D eigenvalue weighted by atomic mass is 32.2. The topological polar surface area (TPSA) is 83.6 Å². The van der Waals surface area contributed by atoms with Crippen molar-refractivity contribution in [1.82, 2.24) is 0 Å². The Labute approximate surface area is 113 Å². The molecule has 0 bridgehead atoms. The number of aliphatic hydroxyl groups excluding tert-OH is 1. The van der Waals surface area contributed by atoms with E-state index in [4.69, 9.17) is 5.73 Å². The molecule has 6 heteroatoms. The summed E-state index contributed by atoms with van der Waals surface area (Å²) in [4.78, 5) is 2.23. The van der Waals surface area contributed by atoms with E-state index in [9.17, 15) is 13.5 Å². The summed E-state index contributed by atoms with van der Waals surface area (Å²) in [6.07, 6.45) is 1.69. The SMILES string of the molecule is CC1CCN(c2ccc(S(C)(=O)=O)cc2N)CC1O. The lowest BCUT2D eigenvalue weighted by atomic mass is 9.95. The van der Waals surface area contributed by atoms with Crippen LogP contribution in [0.25, 0.3) is 0 Å². The van der Waals surface area contributed by atoms with Crippen LogP contribution < -0.4 is 10.6 Å². The number of nitrogens with two attached hydrogens (primary N) is 1. The van der Waals surface area contributed by atoms with Gasteiger partial charge in [0.1, 0.15) is 0 Å². The Kier molecular flexibility index (Phi) is 3.73. The Morgan fingerprint density at radius 3 is 2.63 bits per heavy atom. The third kappa shape index (κ3) is 3.01. The molecule has 5 nitrogen and oxygen atoms in total. The van der Waals surface area contributed by atoms with Gasteiger partial charge < -0.3 is 15.7 Å². The molecule has 0 radical (unpaired) electrons. The molecule has 0 aliphatic carbocycles. The first kappa shape index (κ1) is 14.1. The summed E-state index contributed by atoms with van der Waals surface area (Å²) in [5, 5.41) is 9.91. The molecule has 0 aromatic heterocycles. The zero-order chi connectivity index (χ0) is 14.2. The monoisotopic (exact) mass is 284 g/mol. The Morgan fingerprint density at radius 1 is 1.42 bits per heavy atom. The van der Waals surface area contributed by atoms with Crippen LogP contribution in [0.2, 0.25) is 0 Å². The molecule has 2 unspecified atom stereocenters. The number of rotatable bonds is 2. The normalized spacial score (nSPS) is 24.5. The van der Waals surface area contributed by atoms with E-state index in [2.05, 4.69) is 0 Å². The van der Waals surface area contributed by atoms with Crippen molar-refractivity contribution in [2.45, 2.75) is 24.3 Å². The van der Waals surface area contributed by atoms with Gasteiger partial charge in [0.15, 0.2) is 9.84 Å². The first-order valence-electron chi connectivity index (χ1n) is 6.31. The van der Waals surface area contributed by atoms with E-state index in [0.717, 1.165) is 24.9 Å². The highest BCUT2D eigenvalue weighted by Crippen LogP contribution is 2.30. The van der Waals surface area contributed by atoms with Gasteiger partial charge in [-0.1, -0.05) is 6.92 Å². The van der Waals surface area contributed by atoms with Crippen molar-refractivity contribution >= 4 is 21.2 Å². The van der Waals surface area contributed by atoms with Gasteiger partial charge in [0.25, 0.3) is 0 Å². The minimum absolute atomic E-state index is 0.222. The summed E-state index contributed by atoms with van der Waals surface area (Å²) in [6, 6.07) is 4.76. The van der Waals surface area contributed by atoms with Gasteiger partial charge in [-0.2, -0.15) is 0 Å². The molecule has 2 atom stereocenters. The van der Waals surface area contributed by atoms with Gasteiger partial charge in [-0.15, -0.1) is 0 Å². The van der Waals surface area contributed by atoms with E-state index >= 15 is 0 Å². The first-order valence-corrected chi connectivity index (χ1v) is 8.21. The molecule has 19 heavy (non-hydrogen) atoms. The molecule has 1 aliphatic heterocycles. The second-order valence-corrected chi connectivity index (χ2v) is 7.29. The smallest absolute Gasteiger partial charge is 0.175 e. The number of nitrogen functional groups attached to an aromatic ring is 1. The molecular formula is C13H20N2O3S. The maximum atomic E-state index is 11.5. The number of anilines is 2. The zero-order valence-corrected chi connectivity index (χ0v) is 12.0. The molecule has 1 saturated heterocycles. The standard InChI is InChI=1S/C13H20N2O3S/c1-9-5-6-15(8-13(9)16)12-4-3-10(7-11(12)14)19(2,17)18/h3-4,7,9,13,16H,5-6,8,14H2,1-2H3. The maximum Gasteiger partial charge on any atom is 0.175 e. The van der Waals surface area contributed by atoms with Crippen molar-refractivity contribution in [3.8, 4) is 0 Å². The predicted molar refractivity (Wildman–Crippen MR) is 76.0 cm³/mol. The minimum Gasteiger partial charge on any atom is -0.397 e. The van der Waals surface area contributed by atoms with Crippen molar-refractivity contribution < 1.29 is 13.5 Å². The van der Waals surface area contributed by atoms with Gasteiger partial charge >= 0.3 is 0 Å². The molecule has 0 saturated carbocycles. The first-order chi connectivity index (χ1) is 8.79. The molecule has 2 rings (SSSR count). The summed E-state index contributed by atoms with van der Waals surface area (Å²) in [5.74, 6) is 0.285. The van der Waals surface area contributed by atoms with Gasteiger partial charge in [0, 0.05) is 19.3 Å². The van der Waals surface area contributed by atoms with Crippen molar-refractivity contribution in [3.63, 3.8) is 0 Å². The van der Waals surface area contributed by atoms with Crippen molar-refractivity contribution in [2.75, 3.05) is 30.0 Å². The fraction of sp³-hybridized carbons (Fsp3) is 0.538. The summed E-state index contributed by atoms with van der Waals surface area (Å²) in [6.45, 7) is 3.38. The number of sulfone groups is 1. The van der Waals surface area contributed by atoms with Gasteiger partial charge in [-0.05, 0) is 30.5 Å². The minimum atomic E-state index is -3.24. The third-order valence-corrected chi connectivity index (χ3v) is 4.80. The van der Waals surface area contributed by atoms with Gasteiger partial charge in [-0.3, -0.25) is 0 Å². The van der Waals surface area contributed by atoms with Crippen molar-refractivity contribution in [1.29, 1.82) is 0 Å². The highest BCUT2D eigenvalue weighted by Gasteiger charge is 2.25. The molecule has 3 N–H and O–H groups in total. The Bertz CT molecular complexity index is 571. The lowest BCUT2D eigenvalue weighted by Gasteiger charge is -2.36. The van der Waals surface area contributed by atoms with Crippen LogP contribution in [0.4, 0.5) is 11.4 Å². The number of aliphatic hydroxyl groups is 1. The molecule has 1 fully saturated rings. The Hall–Kier alpha value is -1.27. The lowest BCUT2D eigenvalue weighted by Crippen LogP contribution is -2.43. The third-order valence-electron chi connectivity index (χ3n) is 3.69. The average Bonchev–Trinajstić information content (AvgIpc) is 2.31. The molecule has 1 aromatic carbocycles. The van der Waals surface area contributed by atoms with Crippen LogP contribution >= 0.6 is 0 Å². The van der Waals surface area contributed by atoms with Crippen LogP contribution in [-0.4, -0.2) is 39.0 Å². The van der Waals surface area contributed by atoms with Crippen LogP contribution in [0.1, 0.15) is 13.3 Å². The maximum absolute atomic E-state index is 11.5. The quantitative estimate of drug-likeness (QED) is 0.788. The van der Waals surface area contributed by atoms with E-state index in [0.29, 0.717) is 12.2 Å². The molecule has 106 valence electrons. The molecule has 1 aromatic rings. The Balaban J connectivity index is 2.27. The number of piperidine rings is 1. The molecule has 1 heterocycles. The second-order valence-electron chi connectivity index (χ2n) is 5.27. The van der Waals surface area contributed by atoms with Crippen LogP contribution in [0.3, 0.4) is 0 Å². The molecule has 0 spiro atoms. The van der Waals surface area contributed by atoms with E-state index in [1.807, 2.05) is 11.8 Å². The zero-order valence-electron chi connectivity index (χ0n) is 11.2. The number of hydrogen-bond donors (Lipinski definition) is 2. The largest absolute Gasteiger partial charge is 0.397 e. The summed E-state index contributed by atoms with van der Waals surface area (Å²) >= 11 is 0. The molecule has 0 amide bonds. The fourth-order valence-corrected chi connectivity index (χ4v) is 2.98. The average molecular weight is 284 g/mol. The number of nitrogens with zero attached hydrogens (tertiary/aromatic N) is 1. The fourth-order valence-electron chi connectivity index (χ4n) is 2.32. The molecule has 1 aliphatic rings. The van der Waals surface area contributed by atoms with Crippen molar-refractivity contribution in [2.24, 2.45) is 5.92 Å². The summed E-state index contributed by atoms with van der Waals surface area (Å²) < 4.78 is 22.9. The Morgan fingerprint density at radius 2 is 2.11 bits per heavy atom. The van der Waals surface area contributed by atoms with Gasteiger partial charge in [-0.25, -0.2) is 8.42 Å². The highest BCUT2D eigenvalue weighted by molar-refractivity contribution is 7.90. The van der Waals surface area contributed by atoms with E-state index in [1.54, 1.807) is 12.1 Å². The van der Waals surface area contributed by atoms with Crippen LogP contribution in [0.5, 0.6) is 0 Å². The number of benzene rings is 1. The summed E-state index contributed by atoms with van der Waals surface area (Å²) in [5.41, 5.74) is 7.17. The predicted octanol–water partition coefficient (Wildman–Crippen LogP) is 0.879. The van der Waals surface area contributed by atoms with E-state index in [1.165, 1.54) is 6.07 Å². The van der Waals surface area contributed by atoms with Gasteiger partial charge in [0.2, 0.25) is 0 Å². The molecular weight excluding hydrogens is 264 g/mol. The number of β-amino-alcohol motifs (C(OH)–C–C–N with tert-alkyl or cyclic N) is 1.